The summed E-state index contributed by atoms with van der Waals surface area (Å²) in [7, 11) is 0. The minimum atomic E-state index is 0.663. The molecule has 2 aromatic rings. The average Bonchev–Trinajstić information content (AvgIpc) is 2.38. The number of nitrogens with two attached hydrogens (primary N) is 1. The Balaban J connectivity index is 2.34. The summed E-state index contributed by atoms with van der Waals surface area (Å²) in [6.45, 7) is 1.47. The zero-order chi connectivity index (χ0) is 12.1. The summed E-state index contributed by atoms with van der Waals surface area (Å²) in [4.78, 5) is 4.30. The van der Waals surface area contributed by atoms with Crippen LogP contribution in [0.4, 0.5) is 5.82 Å². The van der Waals surface area contributed by atoms with Gasteiger partial charge in [-0.25, -0.2) is 4.98 Å². The van der Waals surface area contributed by atoms with E-state index in [2.05, 4.69) is 16.4 Å². The molecule has 4 nitrogen and oxygen atoms in total. The van der Waals surface area contributed by atoms with Gasteiger partial charge in [0, 0.05) is 18.1 Å². The van der Waals surface area contributed by atoms with E-state index in [4.69, 9.17) is 11.0 Å². The molecule has 1 aromatic carbocycles. The molecule has 2 rings (SSSR count). The van der Waals surface area contributed by atoms with Crippen LogP contribution in [0.1, 0.15) is 12.0 Å². The molecule has 1 heterocycles. The van der Waals surface area contributed by atoms with Gasteiger partial charge in [-0.1, -0.05) is 0 Å². The first-order valence-electron chi connectivity index (χ1n) is 5.58. The molecule has 0 spiro atoms. The van der Waals surface area contributed by atoms with Crippen LogP contribution in [0.25, 0.3) is 10.8 Å². The lowest BCUT2D eigenvalue weighted by Crippen LogP contribution is -2.09. The number of nitrogens with zero attached hydrogens (tertiary/aromatic N) is 2. The monoisotopic (exact) mass is 226 g/mol. The SMILES string of the molecule is N#Cc1ccc2c(NCCCN)nccc2c1. The smallest absolute Gasteiger partial charge is 0.133 e. The largest absolute Gasteiger partial charge is 0.370 e. The van der Waals surface area contributed by atoms with Crippen LogP contribution in [0.3, 0.4) is 0 Å². The minimum Gasteiger partial charge on any atom is -0.370 e. The Bertz CT molecular complexity index is 557. The zero-order valence-corrected chi connectivity index (χ0v) is 9.48. The van der Waals surface area contributed by atoms with E-state index in [0.717, 1.165) is 29.6 Å². The second-order valence-corrected chi connectivity index (χ2v) is 3.78. The number of fused-ring (bicyclic) bond motifs is 1. The van der Waals surface area contributed by atoms with Crippen molar-refractivity contribution in [3.05, 3.63) is 36.0 Å². The van der Waals surface area contributed by atoms with E-state index >= 15 is 0 Å². The molecule has 0 aliphatic heterocycles. The molecule has 0 aliphatic carbocycles. The van der Waals surface area contributed by atoms with Gasteiger partial charge < -0.3 is 11.1 Å². The van der Waals surface area contributed by atoms with Crippen molar-refractivity contribution in [3.63, 3.8) is 0 Å². The average molecular weight is 226 g/mol. The third-order valence-corrected chi connectivity index (χ3v) is 2.57. The standard InChI is InChI=1S/C13H14N4/c14-5-1-6-16-13-12-3-2-10(9-15)8-11(12)4-7-17-13/h2-4,7-8H,1,5-6,14H2,(H,16,17). The predicted molar refractivity (Wildman–Crippen MR) is 68.6 cm³/mol. The molecule has 4 heteroatoms. The maximum atomic E-state index is 8.84. The summed E-state index contributed by atoms with van der Waals surface area (Å²) >= 11 is 0. The van der Waals surface area contributed by atoms with Gasteiger partial charge in [0.05, 0.1) is 11.6 Å². The van der Waals surface area contributed by atoms with Crippen molar-refractivity contribution in [2.75, 3.05) is 18.4 Å². The summed E-state index contributed by atoms with van der Waals surface area (Å²) in [6, 6.07) is 9.63. The second kappa shape index (κ2) is 5.28. The van der Waals surface area contributed by atoms with Gasteiger partial charge in [0.25, 0.3) is 0 Å². The third-order valence-electron chi connectivity index (χ3n) is 2.57. The Labute approximate surface area is 100 Å². The van der Waals surface area contributed by atoms with Crippen LogP contribution in [0, 0.1) is 11.3 Å². The number of pyridine rings is 1. The van der Waals surface area contributed by atoms with Gasteiger partial charge in [-0.2, -0.15) is 5.26 Å². The maximum absolute atomic E-state index is 8.84. The van der Waals surface area contributed by atoms with Crippen LogP contribution in [0.2, 0.25) is 0 Å². The highest BCUT2D eigenvalue weighted by atomic mass is 15.0. The molecule has 86 valence electrons. The molecule has 17 heavy (non-hydrogen) atoms. The van der Waals surface area contributed by atoms with E-state index < -0.39 is 0 Å². The Hall–Kier alpha value is -2.12. The van der Waals surface area contributed by atoms with Crippen LogP contribution in [-0.2, 0) is 0 Å². The fourth-order valence-corrected chi connectivity index (χ4v) is 1.70. The summed E-state index contributed by atoms with van der Waals surface area (Å²) in [5.41, 5.74) is 6.11. The third kappa shape index (κ3) is 2.52. The lowest BCUT2D eigenvalue weighted by atomic mass is 10.1. The Morgan fingerprint density at radius 1 is 1.35 bits per heavy atom. The van der Waals surface area contributed by atoms with Crippen molar-refractivity contribution in [1.82, 2.24) is 4.98 Å². The lowest BCUT2D eigenvalue weighted by Gasteiger charge is -2.08. The number of nitriles is 1. The zero-order valence-electron chi connectivity index (χ0n) is 9.48. The first-order valence-corrected chi connectivity index (χ1v) is 5.58. The summed E-state index contributed by atoms with van der Waals surface area (Å²) < 4.78 is 0. The van der Waals surface area contributed by atoms with E-state index in [1.54, 1.807) is 12.3 Å². The molecule has 0 saturated heterocycles. The minimum absolute atomic E-state index is 0.663. The van der Waals surface area contributed by atoms with Gasteiger partial charge in [-0.3, -0.25) is 0 Å². The number of benzene rings is 1. The number of aromatic nitrogens is 1. The van der Waals surface area contributed by atoms with Crippen molar-refractivity contribution < 1.29 is 0 Å². The van der Waals surface area contributed by atoms with Gasteiger partial charge in [-0.05, 0) is 42.6 Å². The summed E-state index contributed by atoms with van der Waals surface area (Å²) in [5, 5.41) is 14.2. The normalized spacial score (nSPS) is 10.1. The Kier molecular flexibility index (Phi) is 3.53. The van der Waals surface area contributed by atoms with Crippen LogP contribution in [-0.4, -0.2) is 18.1 Å². The molecule has 3 N–H and O–H groups in total. The molecule has 0 saturated carbocycles. The van der Waals surface area contributed by atoms with Gasteiger partial charge in [0.2, 0.25) is 0 Å². The van der Waals surface area contributed by atoms with E-state index in [1.165, 1.54) is 0 Å². The quantitative estimate of drug-likeness (QED) is 0.780. The van der Waals surface area contributed by atoms with Crippen molar-refractivity contribution in [3.8, 4) is 6.07 Å². The number of anilines is 1. The fourth-order valence-electron chi connectivity index (χ4n) is 1.70. The number of hydrogen-bond donors (Lipinski definition) is 2. The first kappa shape index (κ1) is 11.4. The highest BCUT2D eigenvalue weighted by Crippen LogP contribution is 2.21. The van der Waals surface area contributed by atoms with Crippen LogP contribution in [0.15, 0.2) is 30.5 Å². The highest BCUT2D eigenvalue weighted by Gasteiger charge is 2.02. The molecule has 1 aromatic heterocycles. The van der Waals surface area contributed by atoms with Crippen LogP contribution < -0.4 is 11.1 Å². The molecule has 0 amide bonds. The summed E-state index contributed by atoms with van der Waals surface area (Å²) in [6.07, 6.45) is 2.66. The predicted octanol–water partition coefficient (Wildman–Crippen LogP) is 1.87. The second-order valence-electron chi connectivity index (χ2n) is 3.78. The maximum Gasteiger partial charge on any atom is 0.133 e. The van der Waals surface area contributed by atoms with E-state index in [1.807, 2.05) is 18.2 Å². The highest BCUT2D eigenvalue weighted by molar-refractivity contribution is 5.92. The molecule has 0 radical (unpaired) electrons. The summed E-state index contributed by atoms with van der Waals surface area (Å²) in [5.74, 6) is 0.848. The molecule has 0 aliphatic rings. The van der Waals surface area contributed by atoms with E-state index in [-0.39, 0.29) is 0 Å². The molecule has 0 bridgehead atoms. The number of rotatable bonds is 4. The molecule has 0 unspecified atom stereocenters. The molecular formula is C13H14N4. The van der Waals surface area contributed by atoms with Gasteiger partial charge in [0.1, 0.15) is 5.82 Å². The molecule has 0 fully saturated rings. The lowest BCUT2D eigenvalue weighted by molar-refractivity contribution is 0.871. The van der Waals surface area contributed by atoms with Crippen LogP contribution in [0.5, 0.6) is 0 Å². The van der Waals surface area contributed by atoms with Crippen molar-refractivity contribution >= 4 is 16.6 Å². The fraction of sp³-hybridized carbons (Fsp3) is 0.231. The van der Waals surface area contributed by atoms with Gasteiger partial charge in [0.15, 0.2) is 0 Å². The van der Waals surface area contributed by atoms with Crippen molar-refractivity contribution in [2.24, 2.45) is 5.73 Å². The Morgan fingerprint density at radius 2 is 2.24 bits per heavy atom. The van der Waals surface area contributed by atoms with Crippen molar-refractivity contribution in [2.45, 2.75) is 6.42 Å². The molecular weight excluding hydrogens is 212 g/mol. The van der Waals surface area contributed by atoms with Crippen LogP contribution >= 0.6 is 0 Å². The number of nitrogens with one attached hydrogen (secondary N) is 1. The topological polar surface area (TPSA) is 74.7 Å². The van der Waals surface area contributed by atoms with Gasteiger partial charge in [-0.15, -0.1) is 0 Å². The first-order chi connectivity index (χ1) is 8.35. The number of hydrogen-bond acceptors (Lipinski definition) is 4. The van der Waals surface area contributed by atoms with E-state index in [0.29, 0.717) is 12.1 Å². The Morgan fingerprint density at radius 3 is 3.00 bits per heavy atom. The van der Waals surface area contributed by atoms with E-state index in [9.17, 15) is 0 Å². The molecule has 0 atom stereocenters. The van der Waals surface area contributed by atoms with Crippen molar-refractivity contribution in [1.29, 1.82) is 5.26 Å². The van der Waals surface area contributed by atoms with Gasteiger partial charge >= 0.3 is 0 Å².